The lowest BCUT2D eigenvalue weighted by Crippen LogP contribution is -2.32. The number of hydrogen-bond acceptors (Lipinski definition) is 4. The summed E-state index contributed by atoms with van der Waals surface area (Å²) in [6.07, 6.45) is 2.07. The fraction of sp³-hybridized carbons (Fsp3) is 0.192. The molecule has 8 nitrogen and oxygen atoms in total. The summed E-state index contributed by atoms with van der Waals surface area (Å²) < 4.78 is 5.61. The van der Waals surface area contributed by atoms with Crippen LogP contribution in [0.1, 0.15) is 23.2 Å². The van der Waals surface area contributed by atoms with Gasteiger partial charge in [0.05, 0.1) is 0 Å². The van der Waals surface area contributed by atoms with E-state index < -0.39 is 0 Å². The van der Waals surface area contributed by atoms with Gasteiger partial charge in [0.2, 0.25) is 0 Å². The monoisotopic (exact) mass is 458 g/mol. The first-order valence-electron chi connectivity index (χ1n) is 11.1. The largest absolute Gasteiger partial charge is 0.484 e. The molecule has 1 aliphatic heterocycles. The number of carbonyl (C=O) groups is 3. The van der Waals surface area contributed by atoms with Crippen LogP contribution < -0.4 is 20.7 Å². The number of benzene rings is 3. The smallest absolute Gasteiger partial charge is 0.323 e. The van der Waals surface area contributed by atoms with Crippen molar-refractivity contribution in [2.45, 2.75) is 12.8 Å². The average molecular weight is 459 g/mol. The minimum Gasteiger partial charge on any atom is -0.484 e. The third-order valence-electron chi connectivity index (χ3n) is 5.35. The molecule has 34 heavy (non-hydrogen) atoms. The van der Waals surface area contributed by atoms with Crippen molar-refractivity contribution in [3.05, 3.63) is 84.4 Å². The Morgan fingerprint density at radius 2 is 1.38 bits per heavy atom. The molecule has 0 radical (unpaired) electrons. The Morgan fingerprint density at radius 3 is 2.09 bits per heavy atom. The number of nitrogens with one attached hydrogen (secondary N) is 3. The zero-order valence-corrected chi connectivity index (χ0v) is 18.6. The topological polar surface area (TPSA) is 99.8 Å². The predicted molar refractivity (Wildman–Crippen MR) is 131 cm³/mol. The number of hydrogen-bond donors (Lipinski definition) is 3. The molecule has 0 bridgehead atoms. The van der Waals surface area contributed by atoms with Crippen molar-refractivity contribution in [2.75, 3.05) is 35.6 Å². The second-order valence-electron chi connectivity index (χ2n) is 7.88. The standard InChI is InChI=1S/C26H26N4O4/c31-24(30-15-4-5-16-30)18-34-23-10-6-9-22(17-23)27-25(32)19-11-13-21(14-12-19)29-26(33)28-20-7-2-1-3-8-20/h1-3,6-14,17H,4-5,15-16,18H2,(H,27,32)(H2,28,29,33). The van der Waals surface area contributed by atoms with E-state index in [1.807, 2.05) is 18.2 Å². The molecule has 174 valence electrons. The summed E-state index contributed by atoms with van der Waals surface area (Å²) in [5, 5.41) is 8.28. The molecule has 4 rings (SSSR count). The fourth-order valence-electron chi connectivity index (χ4n) is 3.59. The molecule has 0 spiro atoms. The first kappa shape index (κ1) is 22.8. The summed E-state index contributed by atoms with van der Waals surface area (Å²) in [7, 11) is 0. The van der Waals surface area contributed by atoms with Crippen LogP contribution in [0, 0.1) is 0 Å². The predicted octanol–water partition coefficient (Wildman–Crippen LogP) is 4.58. The molecule has 4 amide bonds. The van der Waals surface area contributed by atoms with Crippen molar-refractivity contribution in [3.8, 4) is 5.75 Å². The van der Waals surface area contributed by atoms with Crippen molar-refractivity contribution in [2.24, 2.45) is 0 Å². The van der Waals surface area contributed by atoms with Gasteiger partial charge in [-0.2, -0.15) is 0 Å². The summed E-state index contributed by atoms with van der Waals surface area (Å²) >= 11 is 0. The number of rotatable bonds is 7. The number of likely N-dealkylation sites (tertiary alicyclic amines) is 1. The fourth-order valence-corrected chi connectivity index (χ4v) is 3.59. The van der Waals surface area contributed by atoms with Crippen LogP contribution in [0.2, 0.25) is 0 Å². The molecular formula is C26H26N4O4. The van der Waals surface area contributed by atoms with Crippen molar-refractivity contribution < 1.29 is 19.1 Å². The van der Waals surface area contributed by atoms with Gasteiger partial charge >= 0.3 is 6.03 Å². The van der Waals surface area contributed by atoms with E-state index in [0.717, 1.165) is 25.9 Å². The second kappa shape index (κ2) is 11.0. The van der Waals surface area contributed by atoms with Gasteiger partial charge in [-0.25, -0.2) is 4.79 Å². The maximum absolute atomic E-state index is 12.6. The molecule has 0 aromatic heterocycles. The number of amides is 4. The van der Waals surface area contributed by atoms with Crippen molar-refractivity contribution >= 4 is 34.9 Å². The molecule has 3 aromatic rings. The Balaban J connectivity index is 1.29. The summed E-state index contributed by atoms with van der Waals surface area (Å²) in [4.78, 5) is 38.7. The molecule has 1 saturated heterocycles. The van der Waals surface area contributed by atoms with Gasteiger partial charge in [0.1, 0.15) is 5.75 Å². The van der Waals surface area contributed by atoms with E-state index in [4.69, 9.17) is 4.74 Å². The van der Waals surface area contributed by atoms with Crippen LogP contribution in [-0.4, -0.2) is 42.4 Å². The first-order valence-corrected chi connectivity index (χ1v) is 11.1. The summed E-state index contributed by atoms with van der Waals surface area (Å²) in [5.74, 6) is 0.179. The molecule has 1 aliphatic rings. The number of ether oxygens (including phenoxy) is 1. The summed E-state index contributed by atoms with van der Waals surface area (Å²) in [6, 6.07) is 22.2. The van der Waals surface area contributed by atoms with E-state index in [1.165, 1.54) is 0 Å². The lowest BCUT2D eigenvalue weighted by molar-refractivity contribution is -0.132. The second-order valence-corrected chi connectivity index (χ2v) is 7.88. The van der Waals surface area contributed by atoms with Crippen LogP contribution in [-0.2, 0) is 4.79 Å². The summed E-state index contributed by atoms with van der Waals surface area (Å²) in [5.41, 5.74) is 2.23. The highest BCUT2D eigenvalue weighted by atomic mass is 16.5. The zero-order valence-electron chi connectivity index (χ0n) is 18.6. The van der Waals surface area contributed by atoms with E-state index in [-0.39, 0.29) is 24.5 Å². The number of anilines is 3. The van der Waals surface area contributed by atoms with Crippen LogP contribution in [0.4, 0.5) is 21.9 Å². The van der Waals surface area contributed by atoms with Gasteiger partial charge in [-0.05, 0) is 61.4 Å². The quantitative estimate of drug-likeness (QED) is 0.482. The van der Waals surface area contributed by atoms with Gasteiger partial charge in [0.25, 0.3) is 11.8 Å². The Kier molecular flexibility index (Phi) is 7.39. The third kappa shape index (κ3) is 6.35. The molecule has 3 aromatic carbocycles. The maximum atomic E-state index is 12.6. The van der Waals surface area contributed by atoms with Gasteiger partial charge in [-0.1, -0.05) is 24.3 Å². The highest BCUT2D eigenvalue weighted by Gasteiger charge is 2.18. The number of carbonyl (C=O) groups excluding carboxylic acids is 3. The molecule has 0 saturated carbocycles. The lowest BCUT2D eigenvalue weighted by Gasteiger charge is -2.15. The maximum Gasteiger partial charge on any atom is 0.323 e. The molecular weight excluding hydrogens is 432 g/mol. The molecule has 1 fully saturated rings. The van der Waals surface area contributed by atoms with Crippen LogP contribution in [0.15, 0.2) is 78.9 Å². The molecule has 0 aliphatic carbocycles. The Labute approximate surface area is 197 Å². The van der Waals surface area contributed by atoms with Crippen LogP contribution in [0.25, 0.3) is 0 Å². The minimum atomic E-state index is -0.372. The van der Waals surface area contributed by atoms with E-state index in [2.05, 4.69) is 16.0 Å². The number of nitrogens with zero attached hydrogens (tertiary/aromatic N) is 1. The number of para-hydroxylation sites is 1. The van der Waals surface area contributed by atoms with Crippen molar-refractivity contribution in [1.29, 1.82) is 0 Å². The lowest BCUT2D eigenvalue weighted by atomic mass is 10.2. The Morgan fingerprint density at radius 1 is 0.735 bits per heavy atom. The highest BCUT2D eigenvalue weighted by molar-refractivity contribution is 6.05. The Bertz CT molecular complexity index is 1140. The van der Waals surface area contributed by atoms with E-state index in [0.29, 0.717) is 28.4 Å². The molecule has 1 heterocycles. The first-order chi connectivity index (χ1) is 16.6. The molecule has 3 N–H and O–H groups in total. The molecule has 0 atom stereocenters. The third-order valence-corrected chi connectivity index (χ3v) is 5.35. The van der Waals surface area contributed by atoms with E-state index >= 15 is 0 Å². The van der Waals surface area contributed by atoms with Gasteiger partial charge in [-0.15, -0.1) is 0 Å². The van der Waals surface area contributed by atoms with Crippen LogP contribution >= 0.6 is 0 Å². The molecule has 8 heteroatoms. The van der Waals surface area contributed by atoms with Crippen LogP contribution in [0.3, 0.4) is 0 Å². The normalized spacial score (nSPS) is 12.6. The SMILES string of the molecule is O=C(Nc1ccccc1)Nc1ccc(C(=O)Nc2cccc(OCC(=O)N3CCCC3)c2)cc1. The molecule has 0 unspecified atom stereocenters. The highest BCUT2D eigenvalue weighted by Crippen LogP contribution is 2.19. The van der Waals surface area contributed by atoms with Gasteiger partial charge in [0.15, 0.2) is 6.61 Å². The Hall–Kier alpha value is -4.33. The number of urea groups is 1. The van der Waals surface area contributed by atoms with E-state index in [9.17, 15) is 14.4 Å². The van der Waals surface area contributed by atoms with E-state index in [1.54, 1.807) is 65.6 Å². The minimum absolute atomic E-state index is 0.0241. The average Bonchev–Trinajstić information content (AvgIpc) is 3.39. The van der Waals surface area contributed by atoms with Crippen LogP contribution in [0.5, 0.6) is 5.75 Å². The van der Waals surface area contributed by atoms with Gasteiger partial charge < -0.3 is 25.6 Å². The van der Waals surface area contributed by atoms with Gasteiger partial charge in [-0.3, -0.25) is 9.59 Å². The summed E-state index contributed by atoms with van der Waals surface area (Å²) in [6.45, 7) is 1.54. The van der Waals surface area contributed by atoms with Crippen molar-refractivity contribution in [3.63, 3.8) is 0 Å². The van der Waals surface area contributed by atoms with Crippen molar-refractivity contribution in [1.82, 2.24) is 4.90 Å². The zero-order chi connectivity index (χ0) is 23.8. The van der Waals surface area contributed by atoms with Gasteiger partial charge in [0, 0.05) is 41.8 Å².